The summed E-state index contributed by atoms with van der Waals surface area (Å²) in [6.07, 6.45) is 1.03. The van der Waals surface area contributed by atoms with E-state index in [0.717, 1.165) is 41.0 Å². The van der Waals surface area contributed by atoms with Crippen LogP contribution in [-0.4, -0.2) is 13.1 Å². The van der Waals surface area contributed by atoms with Crippen molar-refractivity contribution in [3.63, 3.8) is 0 Å². The molecule has 3 nitrogen and oxygen atoms in total. The highest BCUT2D eigenvalue weighted by Gasteiger charge is 2.28. The van der Waals surface area contributed by atoms with Crippen molar-refractivity contribution in [2.75, 3.05) is 18.0 Å². The highest BCUT2D eigenvalue weighted by molar-refractivity contribution is 9.13. The maximum Gasteiger partial charge on any atom is 0.183 e. The van der Waals surface area contributed by atoms with Crippen molar-refractivity contribution >= 4 is 37.5 Å². The third-order valence-corrected chi connectivity index (χ3v) is 5.43. The lowest BCUT2D eigenvalue weighted by Crippen LogP contribution is -2.21. The van der Waals surface area contributed by atoms with Gasteiger partial charge in [-0.15, -0.1) is 0 Å². The predicted octanol–water partition coefficient (Wildman–Crippen LogP) is 4.26. The number of halogens is 2. The van der Waals surface area contributed by atoms with Crippen LogP contribution >= 0.6 is 31.9 Å². The Morgan fingerprint density at radius 3 is 2.80 bits per heavy atom. The SMILES string of the molecule is NCCC1CN(Cc2cc(Br)c(Br)o2)c2ccccc21. The number of fused-ring (bicyclic) bond motifs is 1. The molecule has 1 aromatic heterocycles. The second kappa shape index (κ2) is 5.92. The molecule has 1 unspecified atom stereocenters. The van der Waals surface area contributed by atoms with Crippen molar-refractivity contribution in [1.29, 1.82) is 0 Å². The van der Waals surface area contributed by atoms with Gasteiger partial charge < -0.3 is 15.1 Å². The number of furan rings is 1. The van der Waals surface area contributed by atoms with Crippen LogP contribution in [-0.2, 0) is 6.54 Å². The average Bonchev–Trinajstić information content (AvgIpc) is 2.93. The van der Waals surface area contributed by atoms with Gasteiger partial charge in [0.25, 0.3) is 0 Å². The predicted molar refractivity (Wildman–Crippen MR) is 88.0 cm³/mol. The molecule has 20 heavy (non-hydrogen) atoms. The van der Waals surface area contributed by atoms with Gasteiger partial charge in [-0.05, 0) is 62.5 Å². The number of para-hydroxylation sites is 1. The summed E-state index contributed by atoms with van der Waals surface area (Å²) in [4.78, 5) is 2.37. The van der Waals surface area contributed by atoms with Crippen molar-refractivity contribution in [2.45, 2.75) is 18.9 Å². The minimum absolute atomic E-state index is 0.526. The normalized spacial score (nSPS) is 17.6. The van der Waals surface area contributed by atoms with Gasteiger partial charge in [0.1, 0.15) is 5.76 Å². The fourth-order valence-electron chi connectivity index (χ4n) is 2.84. The van der Waals surface area contributed by atoms with Gasteiger partial charge in [0, 0.05) is 18.2 Å². The van der Waals surface area contributed by atoms with Gasteiger partial charge in [0.05, 0.1) is 11.0 Å². The van der Waals surface area contributed by atoms with E-state index in [-0.39, 0.29) is 0 Å². The Labute approximate surface area is 135 Å². The van der Waals surface area contributed by atoms with Crippen LogP contribution in [0.25, 0.3) is 0 Å². The minimum Gasteiger partial charge on any atom is -0.451 e. The molecule has 1 aliphatic rings. The Morgan fingerprint density at radius 1 is 1.30 bits per heavy atom. The fraction of sp³-hybridized carbons (Fsp3) is 0.333. The Bertz CT molecular complexity index is 592. The average molecular weight is 400 g/mol. The summed E-state index contributed by atoms with van der Waals surface area (Å²) in [6.45, 7) is 2.51. The zero-order chi connectivity index (χ0) is 14.1. The molecule has 0 bridgehead atoms. The topological polar surface area (TPSA) is 42.4 Å². The van der Waals surface area contributed by atoms with Gasteiger partial charge in [-0.1, -0.05) is 18.2 Å². The molecular formula is C15H16Br2N2O. The molecule has 0 radical (unpaired) electrons. The van der Waals surface area contributed by atoms with Crippen molar-refractivity contribution in [3.8, 4) is 0 Å². The number of rotatable bonds is 4. The minimum atomic E-state index is 0.526. The molecule has 2 N–H and O–H groups in total. The Kier molecular flexibility index (Phi) is 4.19. The monoisotopic (exact) mass is 398 g/mol. The van der Waals surface area contributed by atoms with Crippen LogP contribution in [0.3, 0.4) is 0 Å². The maximum absolute atomic E-state index is 5.74. The van der Waals surface area contributed by atoms with Crippen molar-refractivity contribution in [2.24, 2.45) is 5.73 Å². The molecule has 0 fully saturated rings. The van der Waals surface area contributed by atoms with Gasteiger partial charge in [-0.25, -0.2) is 0 Å². The lowest BCUT2D eigenvalue weighted by atomic mass is 9.98. The van der Waals surface area contributed by atoms with Gasteiger partial charge in [0.2, 0.25) is 0 Å². The van der Waals surface area contributed by atoms with E-state index in [1.54, 1.807) is 0 Å². The van der Waals surface area contributed by atoms with Crippen LogP contribution in [0.2, 0.25) is 0 Å². The van der Waals surface area contributed by atoms with Gasteiger partial charge in [0.15, 0.2) is 4.67 Å². The summed E-state index contributed by atoms with van der Waals surface area (Å²) >= 11 is 6.84. The Balaban J connectivity index is 1.84. The molecular weight excluding hydrogens is 384 g/mol. The standard InChI is InChI=1S/C15H16Br2N2O/c16-13-7-11(20-15(13)17)9-19-8-10(5-6-18)12-3-1-2-4-14(12)19/h1-4,7,10H,5-6,8-9,18H2. The van der Waals surface area contributed by atoms with E-state index in [0.29, 0.717) is 5.92 Å². The highest BCUT2D eigenvalue weighted by Crippen LogP contribution is 2.39. The number of anilines is 1. The molecule has 2 aromatic rings. The summed E-state index contributed by atoms with van der Waals surface area (Å²) in [5.41, 5.74) is 8.44. The fourth-order valence-corrected chi connectivity index (χ4v) is 3.50. The molecule has 0 saturated heterocycles. The van der Waals surface area contributed by atoms with Crippen LogP contribution in [0.5, 0.6) is 0 Å². The Morgan fingerprint density at radius 2 is 2.10 bits per heavy atom. The van der Waals surface area contributed by atoms with Crippen LogP contribution in [0.1, 0.15) is 23.7 Å². The number of benzene rings is 1. The number of hydrogen-bond donors (Lipinski definition) is 1. The first kappa shape index (κ1) is 14.2. The summed E-state index contributed by atoms with van der Waals surface area (Å²) < 4.78 is 7.40. The molecule has 0 saturated carbocycles. The molecule has 106 valence electrons. The second-order valence-corrected chi connectivity index (χ2v) is 6.62. The lowest BCUT2D eigenvalue weighted by Gasteiger charge is -2.18. The van der Waals surface area contributed by atoms with Crippen LogP contribution < -0.4 is 10.6 Å². The maximum atomic E-state index is 5.74. The summed E-state index contributed by atoms with van der Waals surface area (Å²) in [5.74, 6) is 1.48. The lowest BCUT2D eigenvalue weighted by molar-refractivity contribution is 0.479. The van der Waals surface area contributed by atoms with Gasteiger partial charge >= 0.3 is 0 Å². The molecule has 1 aliphatic heterocycles. The van der Waals surface area contributed by atoms with E-state index >= 15 is 0 Å². The quantitative estimate of drug-likeness (QED) is 0.835. The van der Waals surface area contributed by atoms with Crippen LogP contribution in [0, 0.1) is 0 Å². The molecule has 0 spiro atoms. The van der Waals surface area contributed by atoms with Crippen LogP contribution in [0.15, 0.2) is 43.9 Å². The molecule has 2 heterocycles. The highest BCUT2D eigenvalue weighted by atomic mass is 79.9. The zero-order valence-corrected chi connectivity index (χ0v) is 14.2. The van der Waals surface area contributed by atoms with E-state index in [1.807, 2.05) is 6.07 Å². The third-order valence-electron chi connectivity index (χ3n) is 3.72. The first-order chi connectivity index (χ1) is 9.69. The van der Waals surface area contributed by atoms with E-state index in [9.17, 15) is 0 Å². The number of nitrogens with zero attached hydrogens (tertiary/aromatic N) is 1. The summed E-state index contributed by atoms with van der Waals surface area (Å²) in [6, 6.07) is 10.6. The third kappa shape index (κ3) is 2.67. The van der Waals surface area contributed by atoms with Gasteiger partial charge in [-0.3, -0.25) is 0 Å². The summed E-state index contributed by atoms with van der Waals surface area (Å²) in [5, 5.41) is 0. The molecule has 5 heteroatoms. The largest absolute Gasteiger partial charge is 0.451 e. The molecule has 0 amide bonds. The van der Waals surface area contributed by atoms with Crippen molar-refractivity contribution < 1.29 is 4.42 Å². The molecule has 0 aliphatic carbocycles. The van der Waals surface area contributed by atoms with Gasteiger partial charge in [-0.2, -0.15) is 0 Å². The smallest absolute Gasteiger partial charge is 0.183 e. The van der Waals surface area contributed by atoms with Crippen molar-refractivity contribution in [1.82, 2.24) is 0 Å². The van der Waals surface area contributed by atoms with E-state index in [4.69, 9.17) is 10.2 Å². The second-order valence-electron chi connectivity index (χ2n) is 5.05. The van der Waals surface area contributed by atoms with Crippen LogP contribution in [0.4, 0.5) is 5.69 Å². The van der Waals surface area contributed by atoms with E-state index < -0.39 is 0 Å². The first-order valence-electron chi connectivity index (χ1n) is 6.66. The number of hydrogen-bond acceptors (Lipinski definition) is 3. The molecule has 3 rings (SSSR count). The zero-order valence-electron chi connectivity index (χ0n) is 11.0. The van der Waals surface area contributed by atoms with E-state index in [1.165, 1.54) is 11.3 Å². The molecule has 1 aromatic carbocycles. The number of nitrogens with two attached hydrogens (primary N) is 1. The molecule has 1 atom stereocenters. The van der Waals surface area contributed by atoms with E-state index in [2.05, 4.69) is 61.0 Å². The Hall–Kier alpha value is -0.780. The first-order valence-corrected chi connectivity index (χ1v) is 8.25. The van der Waals surface area contributed by atoms with Crippen molar-refractivity contribution in [3.05, 3.63) is 50.8 Å². The summed E-state index contributed by atoms with van der Waals surface area (Å²) in [7, 11) is 0.